The Labute approximate surface area is 138 Å². The molecule has 124 valence electrons. The number of aliphatic hydroxyl groups is 1. The molecule has 0 amide bonds. The lowest BCUT2D eigenvalue weighted by molar-refractivity contribution is -0.119. The summed E-state index contributed by atoms with van der Waals surface area (Å²) in [5, 5.41) is 20.4. The van der Waals surface area contributed by atoms with E-state index in [2.05, 4.69) is 19.9 Å². The summed E-state index contributed by atoms with van der Waals surface area (Å²) in [6.07, 6.45) is 9.42. The van der Waals surface area contributed by atoms with Crippen LogP contribution >= 0.6 is 0 Å². The molecule has 0 heterocycles. The number of allylic oxidation sites excluding steroid dienone is 1. The number of hydrogen-bond acceptors (Lipinski definition) is 3. The average Bonchev–Trinajstić information content (AvgIpc) is 2.80. The summed E-state index contributed by atoms with van der Waals surface area (Å²) >= 11 is 0. The maximum Gasteiger partial charge on any atom is 0.156 e. The molecule has 1 N–H and O–H groups in total. The molecule has 4 aliphatic rings. The van der Waals surface area contributed by atoms with Gasteiger partial charge in [0, 0.05) is 11.8 Å². The molecule has 3 nitrogen and oxygen atoms in total. The number of carbonyl (C=O) groups excluding carboxylic acids is 1. The number of hydrogen-bond donors (Lipinski definition) is 1. The van der Waals surface area contributed by atoms with Crippen LogP contribution in [0, 0.1) is 39.9 Å². The minimum atomic E-state index is -1.14. The highest BCUT2D eigenvalue weighted by atomic mass is 16.3. The van der Waals surface area contributed by atoms with Crippen LogP contribution in [0.25, 0.3) is 0 Å². The first-order chi connectivity index (χ1) is 10.8. The predicted octanol–water partition coefficient (Wildman–Crippen LogP) is 3.77. The van der Waals surface area contributed by atoms with Crippen molar-refractivity contribution in [3.8, 4) is 6.07 Å². The summed E-state index contributed by atoms with van der Waals surface area (Å²) in [5.74, 6) is 1.99. The van der Waals surface area contributed by atoms with Crippen molar-refractivity contribution in [2.75, 3.05) is 0 Å². The minimum Gasteiger partial charge on any atom is -0.375 e. The van der Waals surface area contributed by atoms with Crippen LogP contribution in [-0.4, -0.2) is 16.5 Å². The number of nitriles is 1. The van der Waals surface area contributed by atoms with E-state index in [0.29, 0.717) is 36.4 Å². The zero-order valence-electron chi connectivity index (χ0n) is 14.3. The molecular weight excluding hydrogens is 286 g/mol. The van der Waals surface area contributed by atoms with E-state index in [1.54, 1.807) is 0 Å². The molecule has 0 aromatic rings. The van der Waals surface area contributed by atoms with Gasteiger partial charge in [0.15, 0.2) is 11.4 Å². The van der Waals surface area contributed by atoms with Gasteiger partial charge in [0.05, 0.1) is 6.07 Å². The molecule has 0 spiro atoms. The molecule has 23 heavy (non-hydrogen) atoms. The molecule has 0 aromatic carbocycles. The Morgan fingerprint density at radius 2 is 1.87 bits per heavy atom. The van der Waals surface area contributed by atoms with Crippen LogP contribution in [0.2, 0.25) is 0 Å². The molecular formula is C20H27NO2. The van der Waals surface area contributed by atoms with Crippen LogP contribution in [0.1, 0.15) is 65.2 Å². The number of carbonyl (C=O) groups is 1. The third-order valence-corrected chi connectivity index (χ3v) is 8.30. The van der Waals surface area contributed by atoms with E-state index >= 15 is 0 Å². The highest BCUT2D eigenvalue weighted by molar-refractivity contribution is 5.91. The Kier molecular flexibility index (Phi) is 3.14. The van der Waals surface area contributed by atoms with Crippen LogP contribution in [0.15, 0.2) is 11.6 Å². The quantitative estimate of drug-likeness (QED) is 0.692. The van der Waals surface area contributed by atoms with Crippen molar-refractivity contribution in [2.45, 2.75) is 70.8 Å². The fourth-order valence-electron chi connectivity index (χ4n) is 6.76. The highest BCUT2D eigenvalue weighted by Gasteiger charge is 2.64. The summed E-state index contributed by atoms with van der Waals surface area (Å²) < 4.78 is 0. The molecule has 4 aliphatic carbocycles. The largest absolute Gasteiger partial charge is 0.375 e. The van der Waals surface area contributed by atoms with Crippen LogP contribution in [0.3, 0.4) is 0 Å². The Hall–Kier alpha value is -1.14. The van der Waals surface area contributed by atoms with Crippen molar-refractivity contribution in [3.05, 3.63) is 11.6 Å². The SMILES string of the molecule is C[C@]12CCC(=O)C=C1CCC1[C@H]2CC[C@@]2(C)[C@@H]1CC[C@]2(O)C#N. The summed E-state index contributed by atoms with van der Waals surface area (Å²) in [6.45, 7) is 4.53. The van der Waals surface area contributed by atoms with E-state index in [1.807, 2.05) is 6.08 Å². The summed E-state index contributed by atoms with van der Waals surface area (Å²) in [7, 11) is 0. The van der Waals surface area contributed by atoms with Gasteiger partial charge in [0.1, 0.15) is 0 Å². The molecule has 0 saturated heterocycles. The van der Waals surface area contributed by atoms with Gasteiger partial charge < -0.3 is 5.11 Å². The number of ketones is 1. The molecule has 1 unspecified atom stereocenters. The summed E-state index contributed by atoms with van der Waals surface area (Å²) in [6, 6.07) is 2.25. The van der Waals surface area contributed by atoms with E-state index in [-0.39, 0.29) is 10.8 Å². The van der Waals surface area contributed by atoms with Crippen LogP contribution < -0.4 is 0 Å². The van der Waals surface area contributed by atoms with Crippen molar-refractivity contribution in [2.24, 2.45) is 28.6 Å². The van der Waals surface area contributed by atoms with Crippen molar-refractivity contribution in [1.82, 2.24) is 0 Å². The molecule has 3 saturated carbocycles. The number of nitrogens with zero attached hydrogens (tertiary/aromatic N) is 1. The average molecular weight is 313 g/mol. The second-order valence-electron chi connectivity index (χ2n) is 8.94. The zero-order valence-corrected chi connectivity index (χ0v) is 14.3. The minimum absolute atomic E-state index is 0.172. The van der Waals surface area contributed by atoms with Crippen LogP contribution in [0.4, 0.5) is 0 Å². The van der Waals surface area contributed by atoms with Gasteiger partial charge in [-0.05, 0) is 74.2 Å². The lowest BCUT2D eigenvalue weighted by atomic mass is 9.46. The zero-order chi connectivity index (χ0) is 16.5. The maximum atomic E-state index is 11.8. The van der Waals surface area contributed by atoms with E-state index < -0.39 is 5.60 Å². The van der Waals surface area contributed by atoms with Crippen molar-refractivity contribution in [3.63, 3.8) is 0 Å². The van der Waals surface area contributed by atoms with Crippen LogP contribution in [-0.2, 0) is 4.79 Å². The monoisotopic (exact) mass is 313 g/mol. The van der Waals surface area contributed by atoms with Gasteiger partial charge in [0.2, 0.25) is 0 Å². The lowest BCUT2D eigenvalue weighted by Crippen LogP contribution is -2.54. The van der Waals surface area contributed by atoms with Crippen LogP contribution in [0.5, 0.6) is 0 Å². The first-order valence-corrected chi connectivity index (χ1v) is 9.22. The molecule has 4 rings (SSSR count). The number of fused-ring (bicyclic) bond motifs is 5. The van der Waals surface area contributed by atoms with Gasteiger partial charge in [-0.2, -0.15) is 5.26 Å². The number of rotatable bonds is 0. The molecule has 0 bridgehead atoms. The van der Waals surface area contributed by atoms with Gasteiger partial charge in [-0.3, -0.25) is 4.79 Å². The van der Waals surface area contributed by atoms with E-state index in [0.717, 1.165) is 38.5 Å². The molecule has 0 radical (unpaired) electrons. The normalized spacial score (nSPS) is 52.0. The second kappa shape index (κ2) is 4.70. The molecule has 0 aromatic heterocycles. The third-order valence-electron chi connectivity index (χ3n) is 8.30. The highest BCUT2D eigenvalue weighted by Crippen LogP contribution is 2.67. The Bertz CT molecular complexity index is 632. The lowest BCUT2D eigenvalue weighted by Gasteiger charge is -2.58. The topological polar surface area (TPSA) is 61.1 Å². The predicted molar refractivity (Wildman–Crippen MR) is 87.3 cm³/mol. The van der Waals surface area contributed by atoms with Gasteiger partial charge in [0.25, 0.3) is 0 Å². The van der Waals surface area contributed by atoms with Gasteiger partial charge in [-0.25, -0.2) is 0 Å². The second-order valence-corrected chi connectivity index (χ2v) is 8.94. The van der Waals surface area contributed by atoms with Crippen molar-refractivity contribution < 1.29 is 9.90 Å². The first-order valence-electron chi connectivity index (χ1n) is 9.22. The first kappa shape index (κ1) is 15.4. The van der Waals surface area contributed by atoms with E-state index in [9.17, 15) is 15.2 Å². The molecule has 6 atom stereocenters. The fraction of sp³-hybridized carbons (Fsp3) is 0.800. The molecule has 0 aliphatic heterocycles. The standard InChI is InChI=1S/C20H27NO2/c1-18-8-5-14(22)11-13(18)3-4-15-16(18)6-9-19(2)17(15)7-10-20(19,23)12-21/h11,15-17,23H,3-10H2,1-2H3/t15?,16-,17-,18+,19+,20+/m1/s1. The smallest absolute Gasteiger partial charge is 0.156 e. The Balaban J connectivity index is 1.70. The van der Waals surface area contributed by atoms with E-state index in [1.165, 1.54) is 5.57 Å². The van der Waals surface area contributed by atoms with Gasteiger partial charge in [-0.15, -0.1) is 0 Å². The maximum absolute atomic E-state index is 11.8. The van der Waals surface area contributed by atoms with Crippen molar-refractivity contribution >= 4 is 5.78 Å². The molecule has 3 heteroatoms. The third kappa shape index (κ3) is 1.82. The Morgan fingerprint density at radius 3 is 2.61 bits per heavy atom. The van der Waals surface area contributed by atoms with Gasteiger partial charge >= 0.3 is 0 Å². The summed E-state index contributed by atoms with van der Waals surface area (Å²) in [4.78, 5) is 11.8. The fourth-order valence-corrected chi connectivity index (χ4v) is 6.76. The molecule has 3 fully saturated rings. The van der Waals surface area contributed by atoms with Crippen molar-refractivity contribution in [1.29, 1.82) is 5.26 Å². The summed E-state index contributed by atoms with van der Waals surface area (Å²) in [5.41, 5.74) is 0.172. The van der Waals surface area contributed by atoms with Gasteiger partial charge in [-0.1, -0.05) is 19.4 Å². The Morgan fingerprint density at radius 1 is 1.13 bits per heavy atom. The van der Waals surface area contributed by atoms with E-state index in [4.69, 9.17) is 0 Å².